The van der Waals surface area contributed by atoms with E-state index in [0.717, 1.165) is 0 Å². The molecule has 100 valence electrons. The standard InChI is InChI=1S/C11H17N3O3S/c1-4-18(16)6-5-12-9-7-8(2)13-10(14-9)11(15)17-3/h7H,4-6H2,1-3H3,(H,12,13,14). The number of nitrogens with zero attached hydrogens (tertiary/aromatic N) is 2. The maximum atomic E-state index is 11.3. The van der Waals surface area contributed by atoms with Crippen molar-refractivity contribution in [2.45, 2.75) is 13.8 Å². The molecule has 0 bridgehead atoms. The Morgan fingerprint density at radius 3 is 2.83 bits per heavy atom. The van der Waals surface area contributed by atoms with Gasteiger partial charge in [-0.15, -0.1) is 0 Å². The maximum absolute atomic E-state index is 11.3. The fourth-order valence-electron chi connectivity index (χ4n) is 1.28. The first-order valence-corrected chi connectivity index (χ1v) is 7.08. The van der Waals surface area contributed by atoms with Crippen LogP contribution in [0, 0.1) is 6.92 Å². The van der Waals surface area contributed by atoms with Crippen molar-refractivity contribution in [3.63, 3.8) is 0 Å². The topological polar surface area (TPSA) is 81.2 Å². The minimum Gasteiger partial charge on any atom is -0.463 e. The van der Waals surface area contributed by atoms with Gasteiger partial charge in [0.1, 0.15) is 5.82 Å². The van der Waals surface area contributed by atoms with Crippen LogP contribution in [-0.2, 0) is 15.5 Å². The third-order valence-corrected chi connectivity index (χ3v) is 3.48. The fraction of sp³-hybridized carbons (Fsp3) is 0.545. The van der Waals surface area contributed by atoms with Crippen LogP contribution in [0.3, 0.4) is 0 Å². The van der Waals surface area contributed by atoms with Gasteiger partial charge in [-0.3, -0.25) is 4.21 Å². The van der Waals surface area contributed by atoms with E-state index in [1.807, 2.05) is 6.92 Å². The average molecular weight is 271 g/mol. The van der Waals surface area contributed by atoms with Crippen LogP contribution < -0.4 is 5.32 Å². The van der Waals surface area contributed by atoms with Crippen molar-refractivity contribution >= 4 is 22.6 Å². The number of aromatic nitrogens is 2. The Bertz CT molecular complexity index is 451. The molecule has 1 heterocycles. The summed E-state index contributed by atoms with van der Waals surface area (Å²) in [6.07, 6.45) is 0. The monoisotopic (exact) mass is 271 g/mol. The van der Waals surface area contributed by atoms with E-state index in [9.17, 15) is 9.00 Å². The molecule has 0 spiro atoms. The van der Waals surface area contributed by atoms with Crippen LogP contribution >= 0.6 is 0 Å². The van der Waals surface area contributed by atoms with Crippen LogP contribution in [0.2, 0.25) is 0 Å². The van der Waals surface area contributed by atoms with E-state index in [0.29, 0.717) is 29.6 Å². The van der Waals surface area contributed by atoms with Crippen LogP contribution in [0.25, 0.3) is 0 Å². The molecule has 0 saturated heterocycles. The largest absolute Gasteiger partial charge is 0.463 e. The van der Waals surface area contributed by atoms with Gasteiger partial charge in [0.15, 0.2) is 0 Å². The van der Waals surface area contributed by atoms with Crippen LogP contribution in [0.4, 0.5) is 5.82 Å². The van der Waals surface area contributed by atoms with E-state index in [-0.39, 0.29) is 5.82 Å². The molecule has 1 N–H and O–H groups in total. The van der Waals surface area contributed by atoms with Gasteiger partial charge in [0.2, 0.25) is 5.82 Å². The Balaban J connectivity index is 2.68. The van der Waals surface area contributed by atoms with Crippen molar-refractivity contribution in [2.75, 3.05) is 30.5 Å². The molecule has 1 unspecified atom stereocenters. The summed E-state index contributed by atoms with van der Waals surface area (Å²) in [6.45, 7) is 4.18. The molecule has 0 aromatic carbocycles. The smallest absolute Gasteiger partial charge is 0.376 e. The zero-order valence-electron chi connectivity index (χ0n) is 10.7. The molecule has 7 heteroatoms. The highest BCUT2D eigenvalue weighted by molar-refractivity contribution is 7.84. The summed E-state index contributed by atoms with van der Waals surface area (Å²) >= 11 is 0. The van der Waals surface area contributed by atoms with Crippen LogP contribution in [0.15, 0.2) is 6.07 Å². The molecule has 0 saturated carbocycles. The van der Waals surface area contributed by atoms with Gasteiger partial charge in [-0.05, 0) is 6.92 Å². The second-order valence-electron chi connectivity index (χ2n) is 3.57. The number of esters is 1. The molecular formula is C11H17N3O3S. The fourth-order valence-corrected chi connectivity index (χ4v) is 1.90. The van der Waals surface area contributed by atoms with Gasteiger partial charge < -0.3 is 10.1 Å². The summed E-state index contributed by atoms with van der Waals surface area (Å²) in [7, 11) is 0.464. The van der Waals surface area contributed by atoms with E-state index in [4.69, 9.17) is 0 Å². The molecule has 0 radical (unpaired) electrons. The molecule has 0 aliphatic carbocycles. The molecular weight excluding hydrogens is 254 g/mol. The summed E-state index contributed by atoms with van der Waals surface area (Å²) in [5.41, 5.74) is 0.671. The molecule has 6 nitrogen and oxygen atoms in total. The van der Waals surface area contributed by atoms with Crippen molar-refractivity contribution in [2.24, 2.45) is 0 Å². The summed E-state index contributed by atoms with van der Waals surface area (Å²) in [5, 5.41) is 3.02. The van der Waals surface area contributed by atoms with Gasteiger partial charge in [-0.1, -0.05) is 6.92 Å². The first kappa shape index (κ1) is 14.6. The maximum Gasteiger partial charge on any atom is 0.376 e. The van der Waals surface area contributed by atoms with Crippen molar-refractivity contribution in [1.82, 2.24) is 9.97 Å². The third kappa shape index (κ3) is 4.40. The Morgan fingerprint density at radius 1 is 1.50 bits per heavy atom. The number of hydrogen-bond acceptors (Lipinski definition) is 6. The number of rotatable bonds is 6. The van der Waals surface area contributed by atoms with Crippen molar-refractivity contribution in [3.05, 3.63) is 17.6 Å². The molecule has 1 atom stereocenters. The van der Waals surface area contributed by atoms with E-state index in [1.165, 1.54) is 7.11 Å². The zero-order valence-corrected chi connectivity index (χ0v) is 11.5. The number of anilines is 1. The van der Waals surface area contributed by atoms with Gasteiger partial charge in [0, 0.05) is 40.6 Å². The number of hydrogen-bond donors (Lipinski definition) is 1. The summed E-state index contributed by atoms with van der Waals surface area (Å²) in [6, 6.07) is 1.72. The highest BCUT2D eigenvalue weighted by atomic mass is 32.2. The number of carbonyl (C=O) groups excluding carboxylic acids is 1. The quantitative estimate of drug-likeness (QED) is 0.769. The Labute approximate surface area is 109 Å². The van der Waals surface area contributed by atoms with E-state index < -0.39 is 16.8 Å². The van der Waals surface area contributed by atoms with Crippen LogP contribution in [0.5, 0.6) is 0 Å². The highest BCUT2D eigenvalue weighted by Crippen LogP contribution is 2.06. The second kappa shape index (κ2) is 7.05. The molecule has 18 heavy (non-hydrogen) atoms. The van der Waals surface area contributed by atoms with Crippen molar-refractivity contribution in [1.29, 1.82) is 0 Å². The molecule has 0 aliphatic rings. The molecule has 1 aromatic heterocycles. The first-order chi connectivity index (χ1) is 8.56. The lowest BCUT2D eigenvalue weighted by Crippen LogP contribution is -2.15. The summed E-state index contributed by atoms with van der Waals surface area (Å²) in [4.78, 5) is 19.3. The van der Waals surface area contributed by atoms with Gasteiger partial charge in [-0.2, -0.15) is 0 Å². The Hall–Kier alpha value is -1.50. The number of ether oxygens (including phenoxy) is 1. The lowest BCUT2D eigenvalue weighted by Gasteiger charge is -2.07. The number of methoxy groups -OCH3 is 1. The van der Waals surface area contributed by atoms with Crippen molar-refractivity contribution < 1.29 is 13.7 Å². The molecule has 0 amide bonds. The van der Waals surface area contributed by atoms with Crippen LogP contribution in [-0.4, -0.2) is 45.3 Å². The Kier molecular flexibility index (Phi) is 5.70. The minimum absolute atomic E-state index is 0.0246. The van der Waals surface area contributed by atoms with Gasteiger partial charge in [0.05, 0.1) is 7.11 Å². The Morgan fingerprint density at radius 2 is 2.22 bits per heavy atom. The summed E-state index contributed by atoms with van der Waals surface area (Å²) < 4.78 is 15.8. The lowest BCUT2D eigenvalue weighted by atomic mass is 10.4. The van der Waals surface area contributed by atoms with Crippen LogP contribution in [0.1, 0.15) is 23.2 Å². The SMILES string of the molecule is CCS(=O)CCNc1cc(C)nc(C(=O)OC)n1. The predicted octanol–water partition coefficient (Wildman–Crippen LogP) is 0.752. The van der Waals surface area contributed by atoms with Gasteiger partial charge in [-0.25, -0.2) is 14.8 Å². The van der Waals surface area contributed by atoms with E-state index in [1.54, 1.807) is 13.0 Å². The average Bonchev–Trinajstić information content (AvgIpc) is 2.36. The van der Waals surface area contributed by atoms with E-state index in [2.05, 4.69) is 20.0 Å². The number of carbonyl (C=O) groups is 1. The molecule has 1 aromatic rings. The normalized spacial score (nSPS) is 11.9. The first-order valence-electron chi connectivity index (χ1n) is 5.59. The molecule has 0 aliphatic heterocycles. The lowest BCUT2D eigenvalue weighted by molar-refractivity contribution is 0.0586. The zero-order chi connectivity index (χ0) is 13.5. The highest BCUT2D eigenvalue weighted by Gasteiger charge is 2.11. The third-order valence-electron chi connectivity index (χ3n) is 2.18. The predicted molar refractivity (Wildman–Crippen MR) is 70.1 cm³/mol. The molecule has 1 rings (SSSR count). The second-order valence-corrected chi connectivity index (χ2v) is 5.43. The number of nitrogens with one attached hydrogen (secondary N) is 1. The minimum atomic E-state index is -0.819. The van der Waals surface area contributed by atoms with Gasteiger partial charge >= 0.3 is 5.97 Å². The number of aryl methyl sites for hydroxylation is 1. The van der Waals surface area contributed by atoms with Gasteiger partial charge in [0.25, 0.3) is 0 Å². The molecule has 0 fully saturated rings. The van der Waals surface area contributed by atoms with E-state index >= 15 is 0 Å². The summed E-state index contributed by atoms with van der Waals surface area (Å²) in [5.74, 6) is 1.18. The van der Waals surface area contributed by atoms with Crippen molar-refractivity contribution in [3.8, 4) is 0 Å².